The van der Waals surface area contributed by atoms with Gasteiger partial charge in [-0.1, -0.05) is 20.8 Å². The van der Waals surface area contributed by atoms with Crippen molar-refractivity contribution < 1.29 is 19.1 Å². The molecular formula is C13H19NO4. The molecule has 2 bridgehead atoms. The highest BCUT2D eigenvalue weighted by atomic mass is 16.5. The molecule has 2 heterocycles. The van der Waals surface area contributed by atoms with Crippen molar-refractivity contribution in [1.29, 1.82) is 0 Å². The molecule has 1 amide bonds. The lowest BCUT2D eigenvalue weighted by Gasteiger charge is -2.29. The van der Waals surface area contributed by atoms with Crippen molar-refractivity contribution in [2.45, 2.75) is 45.7 Å². The van der Waals surface area contributed by atoms with Crippen LogP contribution in [0.25, 0.3) is 0 Å². The Bertz CT molecular complexity index is 410. The Morgan fingerprint density at radius 3 is 2.39 bits per heavy atom. The molecule has 18 heavy (non-hydrogen) atoms. The van der Waals surface area contributed by atoms with Crippen molar-refractivity contribution in [3.8, 4) is 0 Å². The maximum Gasteiger partial charge on any atom is 0.318 e. The summed E-state index contributed by atoms with van der Waals surface area (Å²) in [5.41, 5.74) is -0.536. The van der Waals surface area contributed by atoms with Gasteiger partial charge in [0, 0.05) is 5.41 Å². The number of methoxy groups -OCH3 is 1. The second-order valence-corrected chi connectivity index (χ2v) is 6.03. The minimum absolute atomic E-state index is 0.0604. The summed E-state index contributed by atoms with van der Waals surface area (Å²) >= 11 is 0. The number of amides is 1. The molecule has 0 aromatic rings. The SMILES string of the molecule is COC(=O)[C@H]1C(=O)[C@@H]2CC[C@@H]1N2C(=O)C(C)(C)C. The van der Waals surface area contributed by atoms with Crippen LogP contribution >= 0.6 is 0 Å². The minimum Gasteiger partial charge on any atom is -0.468 e. The van der Waals surface area contributed by atoms with Crippen LogP contribution in [0.5, 0.6) is 0 Å². The van der Waals surface area contributed by atoms with Gasteiger partial charge in [-0.2, -0.15) is 0 Å². The van der Waals surface area contributed by atoms with Crippen molar-refractivity contribution in [1.82, 2.24) is 4.90 Å². The minimum atomic E-state index is -0.778. The lowest BCUT2D eigenvalue weighted by atomic mass is 9.88. The van der Waals surface area contributed by atoms with E-state index in [0.717, 1.165) is 0 Å². The van der Waals surface area contributed by atoms with E-state index in [1.54, 1.807) is 4.90 Å². The molecule has 0 radical (unpaired) electrons. The molecule has 5 nitrogen and oxygen atoms in total. The summed E-state index contributed by atoms with van der Waals surface area (Å²) in [6, 6.07) is -0.729. The summed E-state index contributed by atoms with van der Waals surface area (Å²) in [6.07, 6.45) is 1.37. The molecular weight excluding hydrogens is 234 g/mol. The maximum atomic E-state index is 12.4. The zero-order valence-electron chi connectivity index (χ0n) is 11.2. The third kappa shape index (κ3) is 1.72. The number of carbonyl (C=O) groups excluding carboxylic acids is 3. The first kappa shape index (κ1) is 13.1. The Morgan fingerprint density at radius 2 is 1.89 bits per heavy atom. The lowest BCUT2D eigenvalue weighted by Crippen LogP contribution is -2.44. The van der Waals surface area contributed by atoms with E-state index < -0.39 is 23.3 Å². The highest BCUT2D eigenvalue weighted by Gasteiger charge is 2.58. The molecule has 0 N–H and O–H groups in total. The first-order chi connectivity index (χ1) is 8.29. The molecule has 2 rings (SSSR count). The molecule has 0 aliphatic carbocycles. The fourth-order valence-corrected chi connectivity index (χ4v) is 2.92. The fourth-order valence-electron chi connectivity index (χ4n) is 2.92. The lowest BCUT2D eigenvalue weighted by molar-refractivity contribution is -0.149. The van der Waals surface area contributed by atoms with Gasteiger partial charge >= 0.3 is 5.97 Å². The Kier molecular flexibility index (Phi) is 2.95. The topological polar surface area (TPSA) is 63.7 Å². The summed E-state index contributed by atoms with van der Waals surface area (Å²) in [6.45, 7) is 5.47. The molecule has 2 aliphatic rings. The van der Waals surface area contributed by atoms with Gasteiger partial charge in [-0.15, -0.1) is 0 Å². The van der Waals surface area contributed by atoms with Crippen LogP contribution in [0.1, 0.15) is 33.6 Å². The van der Waals surface area contributed by atoms with E-state index in [1.807, 2.05) is 20.8 Å². The van der Waals surface area contributed by atoms with E-state index >= 15 is 0 Å². The van der Waals surface area contributed by atoms with Crippen molar-refractivity contribution >= 4 is 17.7 Å². The smallest absolute Gasteiger partial charge is 0.318 e. The molecule has 2 fully saturated rings. The van der Waals surface area contributed by atoms with Gasteiger partial charge in [0.15, 0.2) is 5.78 Å². The Hall–Kier alpha value is -1.39. The summed E-state index contributed by atoms with van der Waals surface area (Å²) < 4.78 is 4.67. The van der Waals surface area contributed by atoms with E-state index in [2.05, 4.69) is 4.74 Å². The van der Waals surface area contributed by atoms with Crippen molar-refractivity contribution in [3.63, 3.8) is 0 Å². The zero-order valence-corrected chi connectivity index (χ0v) is 11.2. The van der Waals surface area contributed by atoms with Crippen LogP contribution in [0.3, 0.4) is 0 Å². The number of hydrogen-bond acceptors (Lipinski definition) is 4. The van der Waals surface area contributed by atoms with E-state index in [0.29, 0.717) is 12.8 Å². The van der Waals surface area contributed by atoms with Crippen LogP contribution < -0.4 is 0 Å². The second-order valence-electron chi connectivity index (χ2n) is 6.03. The quantitative estimate of drug-likeness (QED) is 0.511. The number of carbonyl (C=O) groups is 3. The number of Topliss-reactive ketones (excluding diaryl/α,β-unsaturated/α-hetero) is 1. The van der Waals surface area contributed by atoms with Gasteiger partial charge in [0.2, 0.25) is 5.91 Å². The van der Waals surface area contributed by atoms with Crippen LogP contribution in [0, 0.1) is 11.3 Å². The third-order valence-corrected chi connectivity index (χ3v) is 3.78. The molecule has 3 atom stereocenters. The molecule has 2 aliphatic heterocycles. The van der Waals surface area contributed by atoms with E-state index in [4.69, 9.17) is 0 Å². The van der Waals surface area contributed by atoms with Crippen LogP contribution in [0.2, 0.25) is 0 Å². The van der Waals surface area contributed by atoms with Gasteiger partial charge in [-0.25, -0.2) is 0 Å². The zero-order chi connectivity index (χ0) is 13.7. The van der Waals surface area contributed by atoms with Gasteiger partial charge in [0.05, 0.1) is 19.2 Å². The first-order valence-corrected chi connectivity index (χ1v) is 6.23. The number of hydrogen-bond donors (Lipinski definition) is 0. The van der Waals surface area contributed by atoms with Gasteiger partial charge in [-0.3, -0.25) is 14.4 Å². The van der Waals surface area contributed by atoms with Crippen LogP contribution in [-0.2, 0) is 19.1 Å². The normalized spacial score (nSPS) is 30.8. The summed E-state index contributed by atoms with van der Waals surface area (Å²) in [5, 5.41) is 0. The Labute approximate surface area is 106 Å². The average molecular weight is 253 g/mol. The maximum absolute atomic E-state index is 12.4. The van der Waals surface area contributed by atoms with Crippen LogP contribution in [0.4, 0.5) is 0 Å². The molecule has 0 saturated carbocycles. The van der Waals surface area contributed by atoms with Gasteiger partial charge < -0.3 is 9.64 Å². The van der Waals surface area contributed by atoms with Crippen LogP contribution in [-0.4, -0.2) is 41.8 Å². The number of ketones is 1. The molecule has 100 valence electrons. The van der Waals surface area contributed by atoms with Gasteiger partial charge in [0.1, 0.15) is 5.92 Å². The predicted molar refractivity (Wildman–Crippen MR) is 63.6 cm³/mol. The molecule has 5 heteroatoms. The molecule has 2 saturated heterocycles. The average Bonchev–Trinajstić information content (AvgIpc) is 2.81. The number of ether oxygens (including phenoxy) is 1. The highest BCUT2D eigenvalue weighted by Crippen LogP contribution is 2.41. The second kappa shape index (κ2) is 4.07. The van der Waals surface area contributed by atoms with Gasteiger partial charge in [-0.05, 0) is 12.8 Å². The van der Waals surface area contributed by atoms with Crippen LogP contribution in [0.15, 0.2) is 0 Å². The number of fused-ring (bicyclic) bond motifs is 2. The number of esters is 1. The molecule has 0 unspecified atom stereocenters. The van der Waals surface area contributed by atoms with E-state index in [1.165, 1.54) is 7.11 Å². The van der Waals surface area contributed by atoms with E-state index in [-0.39, 0.29) is 17.7 Å². The highest BCUT2D eigenvalue weighted by molar-refractivity contribution is 6.07. The van der Waals surface area contributed by atoms with Gasteiger partial charge in [0.25, 0.3) is 0 Å². The largest absolute Gasteiger partial charge is 0.468 e. The molecule has 0 aromatic heterocycles. The fraction of sp³-hybridized carbons (Fsp3) is 0.769. The standard InChI is InChI=1S/C13H19NO4/c1-13(2,3)12(17)14-7-5-6-8(14)10(15)9(7)11(16)18-4/h7-9H,5-6H2,1-4H3/t7-,8-,9+/m0/s1. The van der Waals surface area contributed by atoms with Crippen molar-refractivity contribution in [2.75, 3.05) is 7.11 Å². The predicted octanol–water partition coefficient (Wildman–Crippen LogP) is 0.764. The Morgan fingerprint density at radius 1 is 1.28 bits per heavy atom. The first-order valence-electron chi connectivity index (χ1n) is 6.23. The summed E-state index contributed by atoms with van der Waals surface area (Å²) in [4.78, 5) is 37.7. The third-order valence-electron chi connectivity index (χ3n) is 3.78. The molecule has 0 spiro atoms. The molecule has 0 aromatic carbocycles. The van der Waals surface area contributed by atoms with Crippen molar-refractivity contribution in [3.05, 3.63) is 0 Å². The monoisotopic (exact) mass is 253 g/mol. The van der Waals surface area contributed by atoms with E-state index in [9.17, 15) is 14.4 Å². The Balaban J connectivity index is 2.29. The van der Waals surface area contributed by atoms with Crippen molar-refractivity contribution in [2.24, 2.45) is 11.3 Å². The number of nitrogens with zero attached hydrogens (tertiary/aromatic N) is 1. The summed E-state index contributed by atoms with van der Waals surface area (Å²) in [7, 11) is 1.28. The summed E-state index contributed by atoms with van der Waals surface area (Å²) in [5.74, 6) is -1.51. The number of rotatable bonds is 1.